The smallest absolute Gasteiger partial charge is 0.102 e. The van der Waals surface area contributed by atoms with Gasteiger partial charge in [-0.1, -0.05) is 6.92 Å². The second kappa shape index (κ2) is 5.98. The summed E-state index contributed by atoms with van der Waals surface area (Å²) >= 11 is 0. The molecule has 0 saturated heterocycles. The Kier molecular flexibility index (Phi) is 5.88. The molecule has 1 atom stereocenters. The molecule has 0 aromatic heterocycles. The molecule has 0 aliphatic carbocycles. The zero-order valence-corrected chi connectivity index (χ0v) is 5.86. The first-order valence-corrected chi connectivity index (χ1v) is 3.33. The normalized spacial score (nSPS) is 13.7. The maximum absolute atomic E-state index is 11.4. The highest BCUT2D eigenvalue weighted by Gasteiger charge is 1.95. The molecule has 9 heavy (non-hydrogen) atoms. The lowest BCUT2D eigenvalue weighted by Crippen LogP contribution is -2.34. The van der Waals surface area contributed by atoms with Crippen LogP contribution in [-0.2, 0) is 0 Å². The Hall–Kier alpha value is -0.150. The molecule has 0 fully saturated rings. The van der Waals surface area contributed by atoms with E-state index in [1.165, 1.54) is 0 Å². The van der Waals surface area contributed by atoms with E-state index in [2.05, 4.69) is 5.32 Å². The van der Waals surface area contributed by atoms with E-state index < -0.39 is 0 Å². The number of nitrogens with one attached hydrogen (secondary N) is 1. The van der Waals surface area contributed by atoms with Crippen molar-refractivity contribution in [2.24, 2.45) is 5.73 Å². The van der Waals surface area contributed by atoms with Crippen molar-refractivity contribution in [2.45, 2.75) is 19.4 Å². The van der Waals surface area contributed by atoms with Gasteiger partial charge in [0, 0.05) is 19.1 Å². The lowest BCUT2D eigenvalue weighted by molar-refractivity contribution is 0.454. The fourth-order valence-electron chi connectivity index (χ4n) is 0.499. The minimum Gasteiger partial charge on any atom is -0.327 e. The molecule has 0 saturated carbocycles. The molecule has 0 unspecified atom stereocenters. The van der Waals surface area contributed by atoms with E-state index >= 15 is 0 Å². The van der Waals surface area contributed by atoms with Gasteiger partial charge in [-0.2, -0.15) is 0 Å². The fraction of sp³-hybridized carbons (Fsp3) is 1.00. The third kappa shape index (κ3) is 5.73. The summed E-state index contributed by atoms with van der Waals surface area (Å²) in [7, 11) is 0. The van der Waals surface area contributed by atoms with Gasteiger partial charge in [-0.3, -0.25) is 0 Å². The predicted octanol–water partition coefficient (Wildman–Crippen LogP) is 0.283. The van der Waals surface area contributed by atoms with Gasteiger partial charge in [-0.05, 0) is 6.42 Å². The average Bonchev–Trinajstić information content (AvgIpc) is 1.89. The van der Waals surface area contributed by atoms with Crippen molar-refractivity contribution in [1.29, 1.82) is 0 Å². The number of hydrogen-bond donors (Lipinski definition) is 2. The van der Waals surface area contributed by atoms with Gasteiger partial charge in [0.25, 0.3) is 0 Å². The molecule has 0 bridgehead atoms. The van der Waals surface area contributed by atoms with Crippen LogP contribution in [0.25, 0.3) is 0 Å². The van der Waals surface area contributed by atoms with Crippen molar-refractivity contribution in [3.05, 3.63) is 0 Å². The summed E-state index contributed by atoms with van der Waals surface area (Å²) in [6.07, 6.45) is 0.944. The Morgan fingerprint density at radius 1 is 1.67 bits per heavy atom. The monoisotopic (exact) mass is 134 g/mol. The van der Waals surface area contributed by atoms with Gasteiger partial charge in [-0.25, -0.2) is 4.39 Å². The third-order valence-corrected chi connectivity index (χ3v) is 1.20. The fourth-order valence-corrected chi connectivity index (χ4v) is 0.499. The van der Waals surface area contributed by atoms with Crippen LogP contribution in [0.3, 0.4) is 0 Å². The summed E-state index contributed by atoms with van der Waals surface area (Å²) < 4.78 is 11.4. The van der Waals surface area contributed by atoms with Crippen LogP contribution in [0.15, 0.2) is 0 Å². The van der Waals surface area contributed by atoms with Crippen LogP contribution in [0.4, 0.5) is 4.39 Å². The van der Waals surface area contributed by atoms with Crippen molar-refractivity contribution in [1.82, 2.24) is 5.32 Å². The van der Waals surface area contributed by atoms with Crippen molar-refractivity contribution in [3.63, 3.8) is 0 Å². The SMILES string of the molecule is CC[C@H](N)CNCCF. The van der Waals surface area contributed by atoms with Crippen molar-refractivity contribution in [3.8, 4) is 0 Å². The molecule has 0 aliphatic heterocycles. The number of hydrogen-bond acceptors (Lipinski definition) is 2. The highest BCUT2D eigenvalue weighted by Crippen LogP contribution is 1.81. The molecular weight excluding hydrogens is 119 g/mol. The van der Waals surface area contributed by atoms with Gasteiger partial charge in [-0.15, -0.1) is 0 Å². The molecule has 0 aromatic rings. The number of rotatable bonds is 5. The van der Waals surface area contributed by atoms with E-state index in [0.29, 0.717) is 6.54 Å². The first-order valence-electron chi connectivity index (χ1n) is 3.33. The summed E-state index contributed by atoms with van der Waals surface area (Å²) in [4.78, 5) is 0. The summed E-state index contributed by atoms with van der Waals surface area (Å²) in [6, 6.07) is 0.177. The Morgan fingerprint density at radius 3 is 2.78 bits per heavy atom. The molecular formula is C6H15FN2. The van der Waals surface area contributed by atoms with Crippen LogP contribution in [0.1, 0.15) is 13.3 Å². The van der Waals surface area contributed by atoms with E-state index in [1.54, 1.807) is 0 Å². The zero-order valence-electron chi connectivity index (χ0n) is 5.86. The first kappa shape index (κ1) is 8.85. The molecule has 0 rings (SSSR count). The number of alkyl halides is 1. The topological polar surface area (TPSA) is 38.0 Å². The van der Waals surface area contributed by atoms with E-state index in [-0.39, 0.29) is 12.7 Å². The maximum atomic E-state index is 11.4. The quantitative estimate of drug-likeness (QED) is 0.530. The standard InChI is InChI=1S/C6H15FN2/c1-2-6(8)5-9-4-3-7/h6,9H,2-5,8H2,1H3/t6-/m0/s1. The summed E-state index contributed by atoms with van der Waals surface area (Å²) in [5.74, 6) is 0. The Labute approximate surface area is 55.6 Å². The molecule has 0 aromatic carbocycles. The molecule has 0 amide bonds. The highest BCUT2D eigenvalue weighted by atomic mass is 19.1. The van der Waals surface area contributed by atoms with Crippen LogP contribution in [0.2, 0.25) is 0 Å². The molecule has 3 heteroatoms. The Balaban J connectivity index is 2.88. The van der Waals surface area contributed by atoms with E-state index in [9.17, 15) is 4.39 Å². The van der Waals surface area contributed by atoms with Gasteiger partial charge < -0.3 is 11.1 Å². The third-order valence-electron chi connectivity index (χ3n) is 1.20. The van der Waals surface area contributed by atoms with Crippen molar-refractivity contribution >= 4 is 0 Å². The van der Waals surface area contributed by atoms with Gasteiger partial charge in [0.05, 0.1) is 0 Å². The summed E-state index contributed by atoms with van der Waals surface area (Å²) in [6.45, 7) is 2.85. The Bertz CT molecular complexity index is 59.0. The minimum absolute atomic E-state index is 0.177. The molecule has 0 spiro atoms. The van der Waals surface area contributed by atoms with E-state index in [0.717, 1.165) is 13.0 Å². The van der Waals surface area contributed by atoms with E-state index in [1.807, 2.05) is 6.92 Å². The van der Waals surface area contributed by atoms with Gasteiger partial charge >= 0.3 is 0 Å². The van der Waals surface area contributed by atoms with Crippen LogP contribution in [0, 0.1) is 0 Å². The Morgan fingerprint density at radius 2 is 2.33 bits per heavy atom. The second-order valence-corrected chi connectivity index (χ2v) is 2.06. The van der Waals surface area contributed by atoms with Crippen molar-refractivity contribution < 1.29 is 4.39 Å². The maximum Gasteiger partial charge on any atom is 0.102 e. The molecule has 2 nitrogen and oxygen atoms in total. The lowest BCUT2D eigenvalue weighted by atomic mass is 10.2. The average molecular weight is 134 g/mol. The lowest BCUT2D eigenvalue weighted by Gasteiger charge is -2.07. The van der Waals surface area contributed by atoms with Crippen LogP contribution < -0.4 is 11.1 Å². The molecule has 0 radical (unpaired) electrons. The highest BCUT2D eigenvalue weighted by molar-refractivity contribution is 4.60. The first-order chi connectivity index (χ1) is 4.31. The summed E-state index contributed by atoms with van der Waals surface area (Å²) in [5, 5.41) is 2.89. The summed E-state index contributed by atoms with van der Waals surface area (Å²) in [5.41, 5.74) is 5.53. The zero-order chi connectivity index (χ0) is 7.11. The van der Waals surface area contributed by atoms with Crippen LogP contribution >= 0.6 is 0 Å². The number of nitrogens with two attached hydrogens (primary N) is 1. The largest absolute Gasteiger partial charge is 0.327 e. The molecule has 3 N–H and O–H groups in total. The molecule has 0 aliphatic rings. The molecule has 56 valence electrons. The van der Waals surface area contributed by atoms with E-state index in [4.69, 9.17) is 5.73 Å². The van der Waals surface area contributed by atoms with Crippen LogP contribution in [0.5, 0.6) is 0 Å². The van der Waals surface area contributed by atoms with Gasteiger partial charge in [0.2, 0.25) is 0 Å². The van der Waals surface area contributed by atoms with Gasteiger partial charge in [0.1, 0.15) is 6.67 Å². The minimum atomic E-state index is -0.309. The number of halogens is 1. The van der Waals surface area contributed by atoms with Gasteiger partial charge in [0.15, 0.2) is 0 Å². The predicted molar refractivity (Wildman–Crippen MR) is 37.1 cm³/mol. The molecule has 0 heterocycles. The second-order valence-electron chi connectivity index (χ2n) is 2.06. The van der Waals surface area contributed by atoms with Crippen LogP contribution in [-0.4, -0.2) is 25.8 Å². The van der Waals surface area contributed by atoms with Crippen molar-refractivity contribution in [2.75, 3.05) is 19.8 Å².